The van der Waals surface area contributed by atoms with Gasteiger partial charge in [-0.25, -0.2) is 5.84 Å². The van der Waals surface area contributed by atoms with Crippen molar-refractivity contribution in [3.05, 3.63) is 17.5 Å². The van der Waals surface area contributed by atoms with Gasteiger partial charge in [0.2, 0.25) is 11.8 Å². The number of carbonyl (C=O) groups is 3. The molecule has 2 heterocycles. The lowest BCUT2D eigenvalue weighted by Crippen LogP contribution is -2.35. The van der Waals surface area contributed by atoms with Crippen molar-refractivity contribution in [2.75, 3.05) is 0 Å². The number of piperidine rings is 1. The zero-order chi connectivity index (χ0) is 14.7. The summed E-state index contributed by atoms with van der Waals surface area (Å²) in [6.45, 7) is 3.81. The van der Waals surface area contributed by atoms with Gasteiger partial charge in [0.05, 0.1) is 18.4 Å². The van der Waals surface area contributed by atoms with E-state index < -0.39 is 5.91 Å². The first kappa shape index (κ1) is 12.8. The summed E-state index contributed by atoms with van der Waals surface area (Å²) in [7, 11) is 0. The second-order valence-corrected chi connectivity index (χ2v) is 5.69. The topological polar surface area (TPSA) is 119 Å². The van der Waals surface area contributed by atoms with Gasteiger partial charge in [0.1, 0.15) is 0 Å². The van der Waals surface area contributed by atoms with E-state index >= 15 is 0 Å². The third kappa shape index (κ3) is 1.58. The number of hydrogen-bond donors (Lipinski definition) is 2. The minimum Gasteiger partial charge on any atom is -0.359 e. The molecular formula is C12H14N4O4. The van der Waals surface area contributed by atoms with Crippen LogP contribution < -0.4 is 11.3 Å². The van der Waals surface area contributed by atoms with Crippen LogP contribution in [0, 0.1) is 17.3 Å². The largest absolute Gasteiger partial charge is 0.359 e. The molecule has 0 radical (unpaired) electrons. The summed E-state index contributed by atoms with van der Waals surface area (Å²) in [4.78, 5) is 36.6. The van der Waals surface area contributed by atoms with Crippen LogP contribution in [0.3, 0.4) is 0 Å². The third-order valence-electron chi connectivity index (χ3n) is 4.13. The quantitative estimate of drug-likeness (QED) is 0.330. The molecule has 1 aliphatic heterocycles. The highest BCUT2D eigenvalue weighted by atomic mass is 16.5. The summed E-state index contributed by atoms with van der Waals surface area (Å²) in [6.07, 6.45) is 0. The lowest BCUT2D eigenvalue weighted by atomic mass is 10.1. The Bertz CT molecular complexity index is 597. The number of hydrazine groups is 1. The van der Waals surface area contributed by atoms with Crippen LogP contribution in [0.25, 0.3) is 0 Å². The Labute approximate surface area is 114 Å². The number of aromatic nitrogens is 1. The van der Waals surface area contributed by atoms with Crippen molar-refractivity contribution in [1.82, 2.24) is 15.5 Å². The van der Waals surface area contributed by atoms with Gasteiger partial charge in [0, 0.05) is 6.07 Å². The van der Waals surface area contributed by atoms with Crippen molar-refractivity contribution in [3.63, 3.8) is 0 Å². The molecule has 2 unspecified atom stereocenters. The van der Waals surface area contributed by atoms with Gasteiger partial charge in [-0.2, -0.15) is 0 Å². The second kappa shape index (κ2) is 3.89. The fraction of sp³-hybridized carbons (Fsp3) is 0.500. The van der Waals surface area contributed by atoms with E-state index in [-0.39, 0.29) is 47.1 Å². The van der Waals surface area contributed by atoms with Crippen molar-refractivity contribution < 1.29 is 18.9 Å². The van der Waals surface area contributed by atoms with Gasteiger partial charge in [-0.3, -0.25) is 24.7 Å². The van der Waals surface area contributed by atoms with Gasteiger partial charge in [0.15, 0.2) is 11.5 Å². The normalized spacial score (nSPS) is 26.6. The monoisotopic (exact) mass is 278 g/mol. The molecule has 20 heavy (non-hydrogen) atoms. The van der Waals surface area contributed by atoms with Crippen molar-refractivity contribution in [1.29, 1.82) is 0 Å². The van der Waals surface area contributed by atoms with Crippen molar-refractivity contribution in [2.45, 2.75) is 20.4 Å². The van der Waals surface area contributed by atoms with Gasteiger partial charge >= 0.3 is 0 Å². The lowest BCUT2D eigenvalue weighted by Gasteiger charge is -2.18. The van der Waals surface area contributed by atoms with Crippen LogP contribution in [0.15, 0.2) is 10.6 Å². The van der Waals surface area contributed by atoms with E-state index in [4.69, 9.17) is 10.4 Å². The molecule has 1 aromatic heterocycles. The highest BCUT2D eigenvalue weighted by Crippen LogP contribution is 2.63. The molecule has 3 amide bonds. The van der Waals surface area contributed by atoms with E-state index in [9.17, 15) is 14.4 Å². The van der Waals surface area contributed by atoms with E-state index in [1.54, 1.807) is 0 Å². The predicted molar refractivity (Wildman–Crippen MR) is 64.5 cm³/mol. The predicted octanol–water partition coefficient (Wildman–Crippen LogP) is -0.581. The van der Waals surface area contributed by atoms with Gasteiger partial charge < -0.3 is 4.52 Å². The molecule has 8 nitrogen and oxygen atoms in total. The number of nitrogen functional groups attached to an aromatic ring is 1. The van der Waals surface area contributed by atoms with E-state index in [2.05, 4.69) is 5.16 Å². The first-order chi connectivity index (χ1) is 9.37. The number of nitrogens with zero attached hydrogens (tertiary/aromatic N) is 2. The second-order valence-electron chi connectivity index (χ2n) is 5.69. The molecule has 1 aromatic rings. The summed E-state index contributed by atoms with van der Waals surface area (Å²) in [6, 6.07) is 1.36. The lowest BCUT2D eigenvalue weighted by molar-refractivity contribution is -0.144. The maximum absolute atomic E-state index is 12.1. The number of nitrogens with two attached hydrogens (primary N) is 1. The Balaban J connectivity index is 1.74. The van der Waals surface area contributed by atoms with Crippen LogP contribution in [0.2, 0.25) is 0 Å². The molecule has 2 aliphatic rings. The smallest absolute Gasteiger partial charge is 0.287 e. The number of nitrogens with one attached hydrogen (secondary N) is 1. The maximum atomic E-state index is 12.1. The summed E-state index contributed by atoms with van der Waals surface area (Å²) in [5.41, 5.74) is 1.69. The molecule has 3 N–H and O–H groups in total. The molecular weight excluding hydrogens is 264 g/mol. The Kier molecular flexibility index (Phi) is 2.49. The first-order valence-corrected chi connectivity index (χ1v) is 6.19. The zero-order valence-electron chi connectivity index (χ0n) is 11.0. The Hall–Kier alpha value is -2.22. The van der Waals surface area contributed by atoms with Crippen LogP contribution in [0.5, 0.6) is 0 Å². The van der Waals surface area contributed by atoms with Crippen molar-refractivity contribution in [3.8, 4) is 0 Å². The number of likely N-dealkylation sites (tertiary alicyclic amines) is 1. The highest BCUT2D eigenvalue weighted by molar-refractivity contribution is 6.10. The van der Waals surface area contributed by atoms with Gasteiger partial charge in [0.25, 0.3) is 5.91 Å². The minimum absolute atomic E-state index is 0.00656. The molecule has 1 saturated heterocycles. The highest BCUT2D eigenvalue weighted by Gasteiger charge is 2.72. The first-order valence-electron chi connectivity index (χ1n) is 6.19. The standard InChI is InChI=1S/C12H14N4O4/c1-12(2)7-8(12)11(19)16(10(7)18)4-5-3-6(15-20-5)9(17)14-13/h3,7-8H,4,13H2,1-2H3,(H,14,17). The average molecular weight is 278 g/mol. The third-order valence-corrected chi connectivity index (χ3v) is 4.13. The SMILES string of the molecule is CC1(C)C2C(=O)N(Cc3cc(C(=O)NN)no3)C(=O)C21. The van der Waals surface area contributed by atoms with Crippen LogP contribution in [0.1, 0.15) is 30.1 Å². The van der Waals surface area contributed by atoms with Gasteiger partial charge in [-0.1, -0.05) is 19.0 Å². The van der Waals surface area contributed by atoms with E-state index in [1.165, 1.54) is 6.07 Å². The zero-order valence-corrected chi connectivity index (χ0v) is 11.0. The maximum Gasteiger partial charge on any atom is 0.287 e. The fourth-order valence-corrected chi connectivity index (χ4v) is 2.88. The Morgan fingerprint density at radius 3 is 2.60 bits per heavy atom. The Morgan fingerprint density at radius 2 is 2.05 bits per heavy atom. The Morgan fingerprint density at radius 1 is 1.45 bits per heavy atom. The van der Waals surface area contributed by atoms with E-state index in [0.29, 0.717) is 0 Å². The van der Waals surface area contributed by atoms with E-state index in [0.717, 1.165) is 4.90 Å². The molecule has 2 atom stereocenters. The molecule has 8 heteroatoms. The van der Waals surface area contributed by atoms with Crippen LogP contribution >= 0.6 is 0 Å². The summed E-state index contributed by atoms with van der Waals surface area (Å²) < 4.78 is 4.94. The number of amides is 3. The number of carbonyl (C=O) groups excluding carboxylic acids is 3. The van der Waals surface area contributed by atoms with E-state index in [1.807, 2.05) is 19.3 Å². The molecule has 2 fully saturated rings. The summed E-state index contributed by atoms with van der Waals surface area (Å²) in [5, 5.41) is 3.52. The van der Waals surface area contributed by atoms with Crippen LogP contribution in [-0.2, 0) is 16.1 Å². The minimum atomic E-state index is -0.594. The molecule has 0 aromatic carbocycles. The van der Waals surface area contributed by atoms with Crippen LogP contribution in [0.4, 0.5) is 0 Å². The fourth-order valence-electron chi connectivity index (χ4n) is 2.88. The molecule has 1 saturated carbocycles. The molecule has 0 bridgehead atoms. The van der Waals surface area contributed by atoms with Crippen molar-refractivity contribution in [2.24, 2.45) is 23.1 Å². The van der Waals surface area contributed by atoms with Gasteiger partial charge in [-0.05, 0) is 5.41 Å². The summed E-state index contributed by atoms with van der Waals surface area (Å²) >= 11 is 0. The van der Waals surface area contributed by atoms with Gasteiger partial charge in [-0.15, -0.1) is 0 Å². The number of fused-ring (bicyclic) bond motifs is 1. The van der Waals surface area contributed by atoms with Crippen molar-refractivity contribution >= 4 is 17.7 Å². The average Bonchev–Trinajstić information content (AvgIpc) is 2.74. The number of hydrogen-bond acceptors (Lipinski definition) is 6. The number of imide groups is 1. The number of rotatable bonds is 3. The van der Waals surface area contributed by atoms with Crippen LogP contribution in [-0.4, -0.2) is 27.8 Å². The summed E-state index contributed by atoms with van der Waals surface area (Å²) in [5.74, 6) is 3.81. The molecule has 1 aliphatic carbocycles. The molecule has 106 valence electrons. The molecule has 0 spiro atoms. The molecule has 3 rings (SSSR count).